The van der Waals surface area contributed by atoms with Gasteiger partial charge in [-0.1, -0.05) is 5.16 Å². The van der Waals surface area contributed by atoms with E-state index in [2.05, 4.69) is 20.6 Å². The maximum absolute atomic E-state index is 13.3. The van der Waals surface area contributed by atoms with E-state index < -0.39 is 23.0 Å². The highest BCUT2D eigenvalue weighted by Gasteiger charge is 2.22. The predicted octanol–water partition coefficient (Wildman–Crippen LogP) is 1.17. The van der Waals surface area contributed by atoms with Gasteiger partial charge in [0.1, 0.15) is 11.6 Å². The quantitative estimate of drug-likeness (QED) is 0.452. The zero-order valence-electron chi connectivity index (χ0n) is 16.8. The molecule has 0 spiro atoms. The van der Waals surface area contributed by atoms with Gasteiger partial charge >= 0.3 is 17.5 Å². The number of nitrogens with zero attached hydrogens (tertiary/aromatic N) is 5. The van der Waals surface area contributed by atoms with Gasteiger partial charge in [0.15, 0.2) is 5.69 Å². The van der Waals surface area contributed by atoms with E-state index in [4.69, 9.17) is 8.94 Å². The maximum atomic E-state index is 13.3. The molecule has 0 fully saturated rings. The molecule has 3 aromatic heterocycles. The van der Waals surface area contributed by atoms with Crippen molar-refractivity contribution in [2.24, 2.45) is 0 Å². The van der Waals surface area contributed by atoms with Gasteiger partial charge in [0, 0.05) is 19.5 Å². The SMILES string of the molecule is CCn1c(=O)c(-c2noc(C(=O)NCCc3ccco3)n2)nn(-c2ccc(F)cc2)c1=O. The first-order chi connectivity index (χ1) is 15.5. The van der Waals surface area contributed by atoms with Crippen LogP contribution in [0.25, 0.3) is 17.2 Å². The normalized spacial score (nSPS) is 10.9. The summed E-state index contributed by atoms with van der Waals surface area (Å²) >= 11 is 0. The minimum absolute atomic E-state index is 0.0480. The van der Waals surface area contributed by atoms with Crippen LogP contribution in [0.5, 0.6) is 0 Å². The van der Waals surface area contributed by atoms with Gasteiger partial charge in [0.05, 0.1) is 12.0 Å². The highest BCUT2D eigenvalue weighted by molar-refractivity contribution is 5.89. The van der Waals surface area contributed by atoms with Crippen LogP contribution in [0, 0.1) is 5.82 Å². The molecular weight excluding hydrogens is 423 g/mol. The lowest BCUT2D eigenvalue weighted by molar-refractivity contribution is 0.0910. The van der Waals surface area contributed by atoms with Gasteiger partial charge in [-0.05, 0) is 43.3 Å². The molecule has 0 unspecified atom stereocenters. The molecule has 0 radical (unpaired) electrons. The van der Waals surface area contributed by atoms with Crippen LogP contribution in [0.1, 0.15) is 23.4 Å². The fourth-order valence-corrected chi connectivity index (χ4v) is 2.93. The van der Waals surface area contributed by atoms with Crippen LogP contribution in [0.2, 0.25) is 0 Å². The summed E-state index contributed by atoms with van der Waals surface area (Å²) in [5.41, 5.74) is -1.53. The second-order valence-electron chi connectivity index (χ2n) is 6.58. The predicted molar refractivity (Wildman–Crippen MR) is 108 cm³/mol. The van der Waals surface area contributed by atoms with Gasteiger partial charge in [-0.25, -0.2) is 9.18 Å². The number of halogens is 1. The van der Waals surface area contributed by atoms with Gasteiger partial charge in [-0.3, -0.25) is 14.2 Å². The van der Waals surface area contributed by atoms with Crippen molar-refractivity contribution in [1.82, 2.24) is 29.8 Å². The standard InChI is InChI=1S/C20H17FN6O5/c1-2-26-19(29)15(24-27(20(26)30)13-7-5-12(21)6-8-13)16-23-18(32-25-16)17(28)22-10-9-14-4-3-11-31-14/h3-8,11H,2,9-10H2,1H3,(H,22,28). The number of rotatable bonds is 7. The van der Waals surface area contributed by atoms with Crippen molar-refractivity contribution in [3.63, 3.8) is 0 Å². The number of carbonyl (C=O) groups excluding carboxylic acids is 1. The molecule has 11 nitrogen and oxygen atoms in total. The molecule has 0 saturated heterocycles. The van der Waals surface area contributed by atoms with E-state index in [1.807, 2.05) is 0 Å². The Kier molecular flexibility index (Phi) is 5.75. The monoisotopic (exact) mass is 440 g/mol. The molecular formula is C20H17FN6O5. The van der Waals surface area contributed by atoms with E-state index in [0.29, 0.717) is 12.2 Å². The van der Waals surface area contributed by atoms with Gasteiger partial charge < -0.3 is 14.3 Å². The number of hydrogen-bond acceptors (Lipinski definition) is 8. The summed E-state index contributed by atoms with van der Waals surface area (Å²) in [5.74, 6) is -1.07. The second kappa shape index (κ2) is 8.79. The summed E-state index contributed by atoms with van der Waals surface area (Å²) in [7, 11) is 0. The lowest BCUT2D eigenvalue weighted by Crippen LogP contribution is -2.41. The number of nitrogens with one attached hydrogen (secondary N) is 1. The molecule has 4 rings (SSSR count). The van der Waals surface area contributed by atoms with E-state index in [1.54, 1.807) is 19.1 Å². The number of carbonyl (C=O) groups is 1. The van der Waals surface area contributed by atoms with Crippen molar-refractivity contribution in [2.45, 2.75) is 19.9 Å². The maximum Gasteiger partial charge on any atom is 0.352 e. The van der Waals surface area contributed by atoms with Crippen LogP contribution >= 0.6 is 0 Å². The van der Waals surface area contributed by atoms with Crippen molar-refractivity contribution >= 4 is 5.91 Å². The molecule has 4 aromatic rings. The Morgan fingerprint density at radius 2 is 1.97 bits per heavy atom. The fraction of sp³-hybridized carbons (Fsp3) is 0.200. The number of hydrogen-bond donors (Lipinski definition) is 1. The van der Waals surface area contributed by atoms with E-state index in [0.717, 1.165) is 21.4 Å². The Labute approximate surface area is 179 Å². The molecule has 0 aliphatic carbocycles. The zero-order chi connectivity index (χ0) is 22.7. The molecule has 12 heteroatoms. The summed E-state index contributed by atoms with van der Waals surface area (Å²) < 4.78 is 25.3. The smallest absolute Gasteiger partial charge is 0.352 e. The van der Waals surface area contributed by atoms with E-state index >= 15 is 0 Å². The molecule has 1 amide bonds. The van der Waals surface area contributed by atoms with Crippen LogP contribution in [0.15, 0.2) is 61.2 Å². The van der Waals surface area contributed by atoms with Gasteiger partial charge in [0.2, 0.25) is 5.82 Å². The average molecular weight is 440 g/mol. The molecule has 0 saturated carbocycles. The average Bonchev–Trinajstić information content (AvgIpc) is 3.47. The molecule has 0 atom stereocenters. The number of furan rings is 1. The molecule has 1 aromatic carbocycles. The highest BCUT2D eigenvalue weighted by atomic mass is 19.1. The summed E-state index contributed by atoms with van der Waals surface area (Å²) in [5, 5.41) is 10.3. The third-order valence-electron chi connectivity index (χ3n) is 4.52. The fourth-order valence-electron chi connectivity index (χ4n) is 2.93. The summed E-state index contributed by atoms with van der Waals surface area (Å²) in [6.45, 7) is 1.92. The molecule has 164 valence electrons. The lowest BCUT2D eigenvalue weighted by Gasteiger charge is -2.09. The molecule has 3 heterocycles. The van der Waals surface area contributed by atoms with Crippen molar-refractivity contribution in [1.29, 1.82) is 0 Å². The van der Waals surface area contributed by atoms with Crippen molar-refractivity contribution in [2.75, 3.05) is 6.54 Å². The number of benzene rings is 1. The molecule has 0 bridgehead atoms. The minimum Gasteiger partial charge on any atom is -0.469 e. The first kappa shape index (κ1) is 20.9. The first-order valence-electron chi connectivity index (χ1n) is 9.62. The van der Waals surface area contributed by atoms with Gasteiger partial charge in [-0.2, -0.15) is 14.8 Å². The Balaban J connectivity index is 1.63. The van der Waals surface area contributed by atoms with Crippen molar-refractivity contribution < 1.29 is 18.1 Å². The van der Waals surface area contributed by atoms with Crippen LogP contribution in [-0.4, -0.2) is 36.9 Å². The van der Waals surface area contributed by atoms with Gasteiger partial charge in [0.25, 0.3) is 5.56 Å². The zero-order valence-corrected chi connectivity index (χ0v) is 16.8. The molecule has 32 heavy (non-hydrogen) atoms. The third-order valence-corrected chi connectivity index (χ3v) is 4.52. The highest BCUT2D eigenvalue weighted by Crippen LogP contribution is 2.11. The molecule has 0 aliphatic rings. The summed E-state index contributed by atoms with van der Waals surface area (Å²) in [6.07, 6.45) is 1.99. The lowest BCUT2D eigenvalue weighted by atomic mass is 10.3. The van der Waals surface area contributed by atoms with Crippen molar-refractivity contribution in [3.8, 4) is 17.2 Å². The second-order valence-corrected chi connectivity index (χ2v) is 6.58. The third kappa shape index (κ3) is 4.10. The summed E-state index contributed by atoms with van der Waals surface area (Å²) in [4.78, 5) is 41.6. The topological polar surface area (TPSA) is 138 Å². The van der Waals surface area contributed by atoms with E-state index in [-0.39, 0.29) is 36.2 Å². The van der Waals surface area contributed by atoms with Crippen LogP contribution in [0.3, 0.4) is 0 Å². The van der Waals surface area contributed by atoms with Crippen LogP contribution in [-0.2, 0) is 13.0 Å². The molecule has 0 aliphatic heterocycles. The number of amides is 1. The first-order valence-corrected chi connectivity index (χ1v) is 9.62. The Morgan fingerprint density at radius 3 is 2.66 bits per heavy atom. The van der Waals surface area contributed by atoms with E-state index in [9.17, 15) is 18.8 Å². The Morgan fingerprint density at radius 1 is 1.19 bits per heavy atom. The Bertz CT molecular complexity index is 1350. The van der Waals surface area contributed by atoms with Crippen molar-refractivity contribution in [3.05, 3.63) is 81.0 Å². The van der Waals surface area contributed by atoms with Gasteiger partial charge in [-0.15, -0.1) is 0 Å². The summed E-state index contributed by atoms with van der Waals surface area (Å²) in [6, 6.07) is 8.51. The molecule has 1 N–H and O–H groups in total. The minimum atomic E-state index is -0.749. The number of aromatic nitrogens is 5. The largest absolute Gasteiger partial charge is 0.469 e. The van der Waals surface area contributed by atoms with E-state index in [1.165, 1.54) is 18.4 Å². The van der Waals surface area contributed by atoms with Crippen LogP contribution in [0.4, 0.5) is 4.39 Å². The Hall–Kier alpha value is -4.35. The van der Waals surface area contributed by atoms with Crippen LogP contribution < -0.4 is 16.6 Å².